The van der Waals surface area contributed by atoms with Crippen molar-refractivity contribution in [3.63, 3.8) is 0 Å². The molecule has 0 saturated carbocycles. The lowest BCUT2D eigenvalue weighted by atomic mass is 10.1. The van der Waals surface area contributed by atoms with Crippen LogP contribution in [0.1, 0.15) is 19.4 Å². The molecule has 0 amide bonds. The van der Waals surface area contributed by atoms with Gasteiger partial charge in [0.25, 0.3) is 0 Å². The zero-order chi connectivity index (χ0) is 12.2. The normalized spacial score (nSPS) is 11.8. The number of methoxy groups -OCH3 is 1. The highest BCUT2D eigenvalue weighted by Gasteiger charge is 2.15. The van der Waals surface area contributed by atoms with Crippen molar-refractivity contribution in [3.05, 3.63) is 34.6 Å². The van der Waals surface area contributed by atoms with Crippen LogP contribution < -0.4 is 5.32 Å². The van der Waals surface area contributed by atoms with Crippen LogP contribution in [0.4, 0.5) is 4.39 Å². The maximum Gasteiger partial charge on any atom is 0.124 e. The van der Waals surface area contributed by atoms with Crippen molar-refractivity contribution in [2.45, 2.75) is 26.0 Å². The molecule has 4 heteroatoms. The monoisotopic (exact) mass is 245 g/mol. The molecule has 0 atom stereocenters. The summed E-state index contributed by atoms with van der Waals surface area (Å²) in [5.74, 6) is -0.314. The van der Waals surface area contributed by atoms with E-state index in [1.807, 2.05) is 13.8 Å². The lowest BCUT2D eigenvalue weighted by Gasteiger charge is -2.23. The van der Waals surface area contributed by atoms with E-state index in [-0.39, 0.29) is 11.4 Å². The van der Waals surface area contributed by atoms with Crippen LogP contribution in [-0.2, 0) is 11.3 Å². The van der Waals surface area contributed by atoms with Gasteiger partial charge in [0.2, 0.25) is 0 Å². The highest BCUT2D eigenvalue weighted by Crippen LogP contribution is 2.17. The largest absolute Gasteiger partial charge is 0.377 e. The molecule has 0 fully saturated rings. The van der Waals surface area contributed by atoms with E-state index in [1.165, 1.54) is 12.1 Å². The van der Waals surface area contributed by atoms with Gasteiger partial charge in [0.15, 0.2) is 0 Å². The lowest BCUT2D eigenvalue weighted by molar-refractivity contribution is 0.0230. The summed E-state index contributed by atoms with van der Waals surface area (Å²) in [6.07, 6.45) is 0. The molecule has 1 N–H and O–H groups in total. The zero-order valence-corrected chi connectivity index (χ0v) is 10.6. The quantitative estimate of drug-likeness (QED) is 0.861. The predicted molar refractivity (Wildman–Crippen MR) is 64.2 cm³/mol. The summed E-state index contributed by atoms with van der Waals surface area (Å²) in [7, 11) is 1.67. The second-order valence-corrected chi connectivity index (χ2v) is 4.71. The van der Waals surface area contributed by atoms with Gasteiger partial charge in [0, 0.05) is 25.2 Å². The summed E-state index contributed by atoms with van der Waals surface area (Å²) in [6.45, 7) is 5.29. The minimum atomic E-state index is -0.314. The molecule has 0 saturated heterocycles. The van der Waals surface area contributed by atoms with Gasteiger partial charge in [-0.15, -0.1) is 0 Å². The SMILES string of the molecule is COC(C)(C)CNCc1ccc(F)cc1Cl. The molecule has 90 valence electrons. The van der Waals surface area contributed by atoms with Crippen LogP contribution in [0.3, 0.4) is 0 Å². The molecule has 1 rings (SSSR count). The van der Waals surface area contributed by atoms with E-state index >= 15 is 0 Å². The first-order valence-electron chi connectivity index (χ1n) is 5.14. The molecule has 0 aliphatic carbocycles. The second kappa shape index (κ2) is 5.62. The fourth-order valence-electron chi connectivity index (χ4n) is 1.24. The number of hydrogen-bond donors (Lipinski definition) is 1. The molecule has 2 nitrogen and oxygen atoms in total. The van der Waals surface area contributed by atoms with E-state index in [0.29, 0.717) is 18.1 Å². The van der Waals surface area contributed by atoms with Crippen LogP contribution in [0.2, 0.25) is 5.02 Å². The molecule has 0 radical (unpaired) electrons. The van der Waals surface area contributed by atoms with Crippen molar-refractivity contribution >= 4 is 11.6 Å². The molecule has 0 heterocycles. The Labute approximate surface area is 101 Å². The molecular formula is C12H17ClFNO. The van der Waals surface area contributed by atoms with Crippen molar-refractivity contribution in [1.82, 2.24) is 5.32 Å². The smallest absolute Gasteiger partial charge is 0.124 e. The lowest BCUT2D eigenvalue weighted by Crippen LogP contribution is -2.36. The Bertz CT molecular complexity index is 355. The maximum atomic E-state index is 12.8. The van der Waals surface area contributed by atoms with Gasteiger partial charge in [-0.25, -0.2) is 4.39 Å². The van der Waals surface area contributed by atoms with Crippen molar-refractivity contribution in [1.29, 1.82) is 0 Å². The summed E-state index contributed by atoms with van der Waals surface area (Å²) in [5.41, 5.74) is 0.668. The number of hydrogen-bond acceptors (Lipinski definition) is 2. The topological polar surface area (TPSA) is 21.3 Å². The molecule has 1 aromatic rings. The Morgan fingerprint density at radius 3 is 2.69 bits per heavy atom. The summed E-state index contributed by atoms with van der Waals surface area (Å²) in [4.78, 5) is 0. The number of ether oxygens (including phenoxy) is 1. The average molecular weight is 246 g/mol. The highest BCUT2D eigenvalue weighted by molar-refractivity contribution is 6.31. The Morgan fingerprint density at radius 1 is 1.44 bits per heavy atom. The Morgan fingerprint density at radius 2 is 2.12 bits per heavy atom. The van der Waals surface area contributed by atoms with Gasteiger partial charge in [0.1, 0.15) is 5.82 Å². The van der Waals surface area contributed by atoms with Crippen molar-refractivity contribution in [2.24, 2.45) is 0 Å². The van der Waals surface area contributed by atoms with Gasteiger partial charge in [-0.2, -0.15) is 0 Å². The van der Waals surface area contributed by atoms with Gasteiger partial charge >= 0.3 is 0 Å². The van der Waals surface area contributed by atoms with E-state index in [9.17, 15) is 4.39 Å². The summed E-state index contributed by atoms with van der Waals surface area (Å²) >= 11 is 5.90. The molecule has 0 aliphatic heterocycles. The fraction of sp³-hybridized carbons (Fsp3) is 0.500. The number of halogens is 2. The molecular weight excluding hydrogens is 229 g/mol. The first-order chi connectivity index (χ1) is 7.44. The Kier molecular flexibility index (Phi) is 4.71. The van der Waals surface area contributed by atoms with E-state index < -0.39 is 0 Å². The van der Waals surface area contributed by atoms with Crippen molar-refractivity contribution in [3.8, 4) is 0 Å². The first-order valence-corrected chi connectivity index (χ1v) is 5.52. The maximum absolute atomic E-state index is 12.8. The zero-order valence-electron chi connectivity index (χ0n) is 9.81. The molecule has 1 aromatic carbocycles. The van der Waals surface area contributed by atoms with E-state index in [0.717, 1.165) is 5.56 Å². The van der Waals surface area contributed by atoms with E-state index in [1.54, 1.807) is 13.2 Å². The first kappa shape index (κ1) is 13.4. The van der Waals surface area contributed by atoms with Crippen LogP contribution >= 0.6 is 11.6 Å². The molecule has 0 aromatic heterocycles. The molecule has 0 spiro atoms. The third-order valence-electron chi connectivity index (χ3n) is 2.43. The molecule has 16 heavy (non-hydrogen) atoms. The summed E-state index contributed by atoms with van der Waals surface area (Å²) in [5, 5.41) is 3.67. The minimum absolute atomic E-state index is 0.216. The van der Waals surface area contributed by atoms with Gasteiger partial charge in [0.05, 0.1) is 5.60 Å². The second-order valence-electron chi connectivity index (χ2n) is 4.30. The summed E-state index contributed by atoms with van der Waals surface area (Å²) in [6, 6.07) is 4.41. The van der Waals surface area contributed by atoms with Gasteiger partial charge in [-0.1, -0.05) is 17.7 Å². The molecule has 0 aliphatic rings. The van der Waals surface area contributed by atoms with Gasteiger partial charge in [-0.3, -0.25) is 0 Å². The third kappa shape index (κ3) is 4.08. The summed E-state index contributed by atoms with van der Waals surface area (Å²) < 4.78 is 18.1. The average Bonchev–Trinajstić information content (AvgIpc) is 2.21. The number of nitrogens with one attached hydrogen (secondary N) is 1. The fourth-order valence-corrected chi connectivity index (χ4v) is 1.47. The molecule has 0 bridgehead atoms. The van der Waals surface area contributed by atoms with Gasteiger partial charge in [-0.05, 0) is 31.5 Å². The van der Waals surface area contributed by atoms with Gasteiger partial charge < -0.3 is 10.1 Å². The van der Waals surface area contributed by atoms with Crippen LogP contribution in [0.25, 0.3) is 0 Å². The minimum Gasteiger partial charge on any atom is -0.377 e. The van der Waals surface area contributed by atoms with Crippen molar-refractivity contribution < 1.29 is 9.13 Å². The Hall–Kier alpha value is -0.640. The Balaban J connectivity index is 2.49. The molecule has 0 unspecified atom stereocenters. The van der Waals surface area contributed by atoms with Crippen molar-refractivity contribution in [2.75, 3.05) is 13.7 Å². The van der Waals surface area contributed by atoms with Crippen LogP contribution in [0, 0.1) is 5.82 Å². The standard InChI is InChI=1S/C12H17ClFNO/c1-12(2,16-3)8-15-7-9-4-5-10(14)6-11(9)13/h4-6,15H,7-8H2,1-3H3. The van der Waals surface area contributed by atoms with Crippen LogP contribution in [0.5, 0.6) is 0 Å². The van der Waals surface area contributed by atoms with Crippen LogP contribution in [0.15, 0.2) is 18.2 Å². The number of benzene rings is 1. The number of rotatable bonds is 5. The predicted octanol–water partition coefficient (Wildman–Crippen LogP) is 2.99. The van der Waals surface area contributed by atoms with E-state index in [4.69, 9.17) is 16.3 Å². The highest BCUT2D eigenvalue weighted by atomic mass is 35.5. The van der Waals surface area contributed by atoms with Crippen LogP contribution in [-0.4, -0.2) is 19.3 Å². The van der Waals surface area contributed by atoms with E-state index in [2.05, 4.69) is 5.32 Å². The third-order valence-corrected chi connectivity index (χ3v) is 2.79.